The molecule has 2 unspecified atom stereocenters. The van der Waals surface area contributed by atoms with Crippen LogP contribution in [-0.2, 0) is 27.2 Å². The minimum absolute atomic E-state index is 0.257. The highest BCUT2D eigenvalue weighted by molar-refractivity contribution is 5.75. The van der Waals surface area contributed by atoms with Crippen molar-refractivity contribution in [3.05, 3.63) is 66.4 Å². The van der Waals surface area contributed by atoms with E-state index in [0.29, 0.717) is 32.8 Å². The molecular formula is C27H31NO6. The summed E-state index contributed by atoms with van der Waals surface area (Å²) in [5.74, 6) is 1.99. The zero-order valence-electron chi connectivity index (χ0n) is 19.9. The number of esters is 1. The van der Waals surface area contributed by atoms with Gasteiger partial charge in [-0.05, 0) is 61.9 Å². The Hall–Kier alpha value is -3.45. The highest BCUT2D eigenvalue weighted by Crippen LogP contribution is 2.38. The summed E-state index contributed by atoms with van der Waals surface area (Å²) in [6, 6.07) is 17.8. The number of benzene rings is 2. The van der Waals surface area contributed by atoms with Crippen LogP contribution in [0, 0.1) is 0 Å². The van der Waals surface area contributed by atoms with Crippen LogP contribution in [0.5, 0.6) is 17.2 Å². The molecule has 3 aromatic rings. The van der Waals surface area contributed by atoms with Gasteiger partial charge in [0, 0.05) is 37.4 Å². The molecule has 34 heavy (non-hydrogen) atoms. The number of carbonyl (C=O) groups excluding carboxylic acids is 1. The number of nitrogens with zero attached hydrogens (tertiary/aromatic N) is 1. The van der Waals surface area contributed by atoms with Gasteiger partial charge >= 0.3 is 5.97 Å². The van der Waals surface area contributed by atoms with Gasteiger partial charge in [0.05, 0.1) is 13.2 Å². The predicted octanol–water partition coefficient (Wildman–Crippen LogP) is 4.86. The summed E-state index contributed by atoms with van der Waals surface area (Å²) in [6.07, 6.45) is 1.65. The highest BCUT2D eigenvalue weighted by Gasteiger charge is 2.21. The first-order chi connectivity index (χ1) is 16.6. The van der Waals surface area contributed by atoms with Crippen molar-refractivity contribution in [2.24, 2.45) is 0 Å². The zero-order valence-corrected chi connectivity index (χ0v) is 19.9. The van der Waals surface area contributed by atoms with Crippen LogP contribution in [0.1, 0.15) is 26.3 Å². The Labute approximate surface area is 200 Å². The summed E-state index contributed by atoms with van der Waals surface area (Å²) in [5.41, 5.74) is 3.14. The van der Waals surface area contributed by atoms with E-state index in [1.54, 1.807) is 6.92 Å². The van der Waals surface area contributed by atoms with Crippen LogP contribution in [0.3, 0.4) is 0 Å². The average molecular weight is 466 g/mol. The van der Waals surface area contributed by atoms with Crippen molar-refractivity contribution >= 4 is 5.97 Å². The van der Waals surface area contributed by atoms with Gasteiger partial charge in [0.1, 0.15) is 12.4 Å². The lowest BCUT2D eigenvalue weighted by molar-refractivity contribution is -0.156. The first-order valence-corrected chi connectivity index (χ1v) is 11.7. The van der Waals surface area contributed by atoms with E-state index in [4.69, 9.17) is 23.7 Å². The van der Waals surface area contributed by atoms with Crippen LogP contribution in [0.25, 0.3) is 11.3 Å². The molecule has 2 atom stereocenters. The Morgan fingerprint density at radius 3 is 2.59 bits per heavy atom. The Bertz CT molecular complexity index is 1090. The van der Waals surface area contributed by atoms with Gasteiger partial charge in [0.2, 0.25) is 6.29 Å². The van der Waals surface area contributed by atoms with E-state index in [1.165, 1.54) is 0 Å². The molecule has 7 nitrogen and oxygen atoms in total. The largest absolute Gasteiger partial charge is 0.492 e. The van der Waals surface area contributed by atoms with E-state index in [1.807, 2.05) is 68.6 Å². The Kier molecular flexibility index (Phi) is 7.75. The fourth-order valence-electron chi connectivity index (χ4n) is 3.95. The SMILES string of the molecule is CCOC(=O)C(Cc1ccc(OCCn2cccc2-c2ccc3c(c2)OC(C)O3)cc1)OCC. The van der Waals surface area contributed by atoms with Gasteiger partial charge in [-0.2, -0.15) is 0 Å². The molecule has 0 saturated carbocycles. The molecule has 2 aromatic carbocycles. The maximum Gasteiger partial charge on any atom is 0.335 e. The van der Waals surface area contributed by atoms with E-state index < -0.39 is 6.10 Å². The second kappa shape index (κ2) is 11.1. The maximum atomic E-state index is 12.1. The Balaban J connectivity index is 1.32. The van der Waals surface area contributed by atoms with Crippen molar-refractivity contribution in [2.45, 2.75) is 46.1 Å². The molecule has 0 saturated heterocycles. The zero-order chi connectivity index (χ0) is 23.9. The fourth-order valence-corrected chi connectivity index (χ4v) is 3.95. The molecule has 7 heteroatoms. The lowest BCUT2D eigenvalue weighted by Crippen LogP contribution is -2.28. The van der Waals surface area contributed by atoms with Crippen LogP contribution in [0.2, 0.25) is 0 Å². The molecule has 0 fully saturated rings. The molecule has 0 amide bonds. The third kappa shape index (κ3) is 5.72. The minimum Gasteiger partial charge on any atom is -0.492 e. The van der Waals surface area contributed by atoms with E-state index in [0.717, 1.165) is 34.1 Å². The summed E-state index contributed by atoms with van der Waals surface area (Å²) in [4.78, 5) is 12.1. The number of carbonyl (C=O) groups is 1. The second-order valence-electron chi connectivity index (χ2n) is 7.94. The van der Waals surface area contributed by atoms with Crippen LogP contribution in [0.15, 0.2) is 60.8 Å². The van der Waals surface area contributed by atoms with Crippen LogP contribution < -0.4 is 14.2 Å². The molecule has 1 aromatic heterocycles. The molecule has 2 heterocycles. The molecule has 1 aliphatic heterocycles. The number of fused-ring (bicyclic) bond motifs is 1. The van der Waals surface area contributed by atoms with Crippen LogP contribution in [0.4, 0.5) is 0 Å². The number of aromatic nitrogens is 1. The van der Waals surface area contributed by atoms with Crippen molar-refractivity contribution < 1.29 is 28.5 Å². The van der Waals surface area contributed by atoms with E-state index in [9.17, 15) is 4.79 Å². The quantitative estimate of drug-likeness (QED) is 0.377. The van der Waals surface area contributed by atoms with Crippen LogP contribution >= 0.6 is 0 Å². The van der Waals surface area contributed by atoms with Crippen molar-refractivity contribution in [3.8, 4) is 28.5 Å². The van der Waals surface area contributed by atoms with Gasteiger partial charge in [-0.3, -0.25) is 0 Å². The molecule has 1 aliphatic rings. The molecule has 0 radical (unpaired) electrons. The Morgan fingerprint density at radius 2 is 1.82 bits per heavy atom. The molecule has 0 aliphatic carbocycles. The molecule has 0 N–H and O–H groups in total. The third-order valence-electron chi connectivity index (χ3n) is 5.52. The first kappa shape index (κ1) is 23.7. The summed E-state index contributed by atoms with van der Waals surface area (Å²) in [7, 11) is 0. The van der Waals surface area contributed by atoms with Gasteiger partial charge in [-0.1, -0.05) is 12.1 Å². The minimum atomic E-state index is -0.594. The number of hydrogen-bond acceptors (Lipinski definition) is 6. The van der Waals surface area contributed by atoms with Crippen molar-refractivity contribution in [2.75, 3.05) is 19.8 Å². The molecule has 180 valence electrons. The summed E-state index contributed by atoms with van der Waals surface area (Å²) in [5, 5.41) is 0. The normalized spacial score (nSPS) is 15.2. The number of ether oxygens (including phenoxy) is 5. The third-order valence-corrected chi connectivity index (χ3v) is 5.52. The van der Waals surface area contributed by atoms with Crippen LogP contribution in [-0.4, -0.2) is 42.8 Å². The van der Waals surface area contributed by atoms with Gasteiger partial charge in [0.25, 0.3) is 0 Å². The van der Waals surface area contributed by atoms with Gasteiger partial charge in [-0.15, -0.1) is 0 Å². The number of rotatable bonds is 11. The highest BCUT2D eigenvalue weighted by atomic mass is 16.7. The molecule has 4 rings (SSSR count). The second-order valence-corrected chi connectivity index (χ2v) is 7.94. The fraction of sp³-hybridized carbons (Fsp3) is 0.370. The molecule has 0 bridgehead atoms. The van der Waals surface area contributed by atoms with Crippen molar-refractivity contribution in [3.63, 3.8) is 0 Å². The standard InChI is InChI=1S/C27H31NO6/c1-4-30-26(27(29)31-5-2)17-20-8-11-22(12-9-20)32-16-15-28-14-6-7-23(28)21-10-13-24-25(18-21)34-19(3)33-24/h6-14,18-19,26H,4-5,15-17H2,1-3H3. The van der Waals surface area contributed by atoms with Gasteiger partial charge in [-0.25, -0.2) is 4.79 Å². The lowest BCUT2D eigenvalue weighted by atomic mass is 10.1. The summed E-state index contributed by atoms with van der Waals surface area (Å²) < 4.78 is 30.1. The average Bonchev–Trinajstić information content (AvgIpc) is 3.45. The summed E-state index contributed by atoms with van der Waals surface area (Å²) >= 11 is 0. The van der Waals surface area contributed by atoms with E-state index in [-0.39, 0.29) is 12.3 Å². The summed E-state index contributed by atoms with van der Waals surface area (Å²) in [6.45, 7) is 7.55. The van der Waals surface area contributed by atoms with Crippen molar-refractivity contribution in [1.29, 1.82) is 0 Å². The van der Waals surface area contributed by atoms with E-state index in [2.05, 4.69) is 10.6 Å². The van der Waals surface area contributed by atoms with E-state index >= 15 is 0 Å². The maximum absolute atomic E-state index is 12.1. The smallest absolute Gasteiger partial charge is 0.335 e. The van der Waals surface area contributed by atoms with Gasteiger partial charge in [0.15, 0.2) is 17.6 Å². The first-order valence-electron chi connectivity index (χ1n) is 11.7. The van der Waals surface area contributed by atoms with Gasteiger partial charge < -0.3 is 28.3 Å². The molecule has 0 spiro atoms. The monoisotopic (exact) mass is 465 g/mol. The number of hydrogen-bond donors (Lipinski definition) is 0. The topological polar surface area (TPSA) is 68.2 Å². The Morgan fingerprint density at radius 1 is 1.03 bits per heavy atom. The lowest BCUT2D eigenvalue weighted by Gasteiger charge is -2.16. The van der Waals surface area contributed by atoms with Crippen molar-refractivity contribution in [1.82, 2.24) is 4.57 Å². The molecular weight excluding hydrogens is 434 g/mol. The predicted molar refractivity (Wildman–Crippen MR) is 128 cm³/mol.